The molecule has 0 aliphatic heterocycles. The van der Waals surface area contributed by atoms with E-state index in [1.54, 1.807) is 0 Å². The zero-order chi connectivity index (χ0) is 17.2. The molecule has 3 heteroatoms. The molecular formula is C21H22N2O. The van der Waals surface area contributed by atoms with Crippen LogP contribution in [0, 0.1) is 0 Å². The quantitative estimate of drug-likeness (QED) is 0.617. The summed E-state index contributed by atoms with van der Waals surface area (Å²) in [6.45, 7) is 6.41. The van der Waals surface area contributed by atoms with E-state index in [0.717, 1.165) is 27.7 Å². The Morgan fingerprint density at radius 3 is 2.12 bits per heavy atom. The third kappa shape index (κ3) is 3.40. The predicted molar refractivity (Wildman–Crippen MR) is 102 cm³/mol. The highest BCUT2D eigenvalue weighted by atomic mass is 16.2. The lowest BCUT2D eigenvalue weighted by molar-refractivity contribution is 0.262. The van der Waals surface area contributed by atoms with Crippen molar-refractivity contribution < 1.29 is 4.79 Å². The summed E-state index contributed by atoms with van der Waals surface area (Å²) in [7, 11) is 0. The molecular weight excluding hydrogens is 296 g/mol. The summed E-state index contributed by atoms with van der Waals surface area (Å²) in [5.74, 6) is 0. The predicted octanol–water partition coefficient (Wildman–Crippen LogP) is 5.78. The van der Waals surface area contributed by atoms with Gasteiger partial charge in [-0.05, 0) is 28.5 Å². The molecule has 0 aliphatic rings. The van der Waals surface area contributed by atoms with Crippen molar-refractivity contribution in [2.75, 3.05) is 10.6 Å². The average Bonchev–Trinajstić information content (AvgIpc) is 2.54. The van der Waals surface area contributed by atoms with Crippen molar-refractivity contribution in [1.82, 2.24) is 0 Å². The van der Waals surface area contributed by atoms with E-state index in [-0.39, 0.29) is 11.4 Å². The monoisotopic (exact) mass is 318 g/mol. The normalized spacial score (nSPS) is 11.3. The Hall–Kier alpha value is -2.81. The van der Waals surface area contributed by atoms with E-state index in [0.29, 0.717) is 0 Å². The van der Waals surface area contributed by atoms with Gasteiger partial charge >= 0.3 is 6.03 Å². The van der Waals surface area contributed by atoms with Crippen LogP contribution in [0.3, 0.4) is 0 Å². The van der Waals surface area contributed by atoms with Crippen LogP contribution in [-0.2, 0) is 5.41 Å². The molecule has 0 heterocycles. The first-order valence-electron chi connectivity index (χ1n) is 8.10. The van der Waals surface area contributed by atoms with Crippen LogP contribution < -0.4 is 10.6 Å². The minimum atomic E-state index is -0.233. The number of rotatable bonds is 2. The SMILES string of the molecule is CC(C)(C)c1ccccc1NC(=O)Nc1cccc2ccccc12. The second kappa shape index (κ2) is 6.36. The highest BCUT2D eigenvalue weighted by Gasteiger charge is 2.18. The highest BCUT2D eigenvalue weighted by Crippen LogP contribution is 2.29. The molecule has 0 radical (unpaired) electrons. The molecule has 3 nitrogen and oxygen atoms in total. The molecule has 0 fully saturated rings. The Bertz CT molecular complexity index is 873. The van der Waals surface area contributed by atoms with Gasteiger partial charge in [0.05, 0.1) is 5.69 Å². The van der Waals surface area contributed by atoms with E-state index < -0.39 is 0 Å². The number of amides is 2. The second-order valence-corrected chi connectivity index (χ2v) is 6.90. The van der Waals surface area contributed by atoms with Gasteiger partial charge in [0.25, 0.3) is 0 Å². The fraction of sp³-hybridized carbons (Fsp3) is 0.190. The van der Waals surface area contributed by atoms with Gasteiger partial charge in [0.1, 0.15) is 0 Å². The number of urea groups is 1. The number of hydrogen-bond donors (Lipinski definition) is 2. The maximum Gasteiger partial charge on any atom is 0.323 e. The number of carbonyl (C=O) groups excluding carboxylic acids is 1. The number of nitrogens with one attached hydrogen (secondary N) is 2. The third-order valence-corrected chi connectivity index (χ3v) is 4.02. The van der Waals surface area contributed by atoms with Crippen molar-refractivity contribution in [2.24, 2.45) is 0 Å². The van der Waals surface area contributed by atoms with E-state index in [1.807, 2.05) is 66.7 Å². The second-order valence-electron chi connectivity index (χ2n) is 6.90. The molecule has 0 aliphatic carbocycles. The highest BCUT2D eigenvalue weighted by molar-refractivity contribution is 6.06. The molecule has 0 spiro atoms. The van der Waals surface area contributed by atoms with Crippen molar-refractivity contribution in [3.05, 3.63) is 72.3 Å². The standard InChI is InChI=1S/C21H22N2O/c1-21(2,3)17-12-6-7-13-19(17)23-20(24)22-18-14-8-10-15-9-4-5-11-16(15)18/h4-14H,1-3H3,(H2,22,23,24). The lowest BCUT2D eigenvalue weighted by atomic mass is 9.86. The van der Waals surface area contributed by atoms with Crippen molar-refractivity contribution in [3.8, 4) is 0 Å². The van der Waals surface area contributed by atoms with Crippen molar-refractivity contribution in [3.63, 3.8) is 0 Å². The largest absolute Gasteiger partial charge is 0.323 e. The molecule has 2 amide bonds. The van der Waals surface area contributed by atoms with Gasteiger partial charge in [-0.3, -0.25) is 0 Å². The summed E-state index contributed by atoms with van der Waals surface area (Å²) in [6.07, 6.45) is 0. The zero-order valence-electron chi connectivity index (χ0n) is 14.3. The Kier molecular flexibility index (Phi) is 4.26. The number of hydrogen-bond acceptors (Lipinski definition) is 1. The van der Waals surface area contributed by atoms with Crippen LogP contribution in [-0.4, -0.2) is 6.03 Å². The number of para-hydroxylation sites is 1. The maximum absolute atomic E-state index is 12.5. The van der Waals surface area contributed by atoms with Crippen LogP contribution in [0.4, 0.5) is 16.2 Å². The van der Waals surface area contributed by atoms with E-state index in [2.05, 4.69) is 31.4 Å². The van der Waals surface area contributed by atoms with E-state index >= 15 is 0 Å². The Morgan fingerprint density at radius 1 is 0.750 bits per heavy atom. The summed E-state index contributed by atoms with van der Waals surface area (Å²) in [5.41, 5.74) is 2.71. The molecule has 0 saturated carbocycles. The molecule has 3 aromatic carbocycles. The summed E-state index contributed by atoms with van der Waals surface area (Å²) in [5, 5.41) is 8.07. The Morgan fingerprint density at radius 2 is 1.33 bits per heavy atom. The topological polar surface area (TPSA) is 41.1 Å². The zero-order valence-corrected chi connectivity index (χ0v) is 14.3. The minimum Gasteiger partial charge on any atom is -0.307 e. The van der Waals surface area contributed by atoms with E-state index in [9.17, 15) is 4.79 Å². The average molecular weight is 318 g/mol. The summed E-state index contributed by atoms with van der Waals surface area (Å²) in [4.78, 5) is 12.5. The van der Waals surface area contributed by atoms with Crippen molar-refractivity contribution in [2.45, 2.75) is 26.2 Å². The molecule has 0 aromatic heterocycles. The van der Waals surface area contributed by atoms with Crippen LogP contribution in [0.5, 0.6) is 0 Å². The van der Waals surface area contributed by atoms with Gasteiger partial charge < -0.3 is 10.6 Å². The van der Waals surface area contributed by atoms with Gasteiger partial charge in [0.15, 0.2) is 0 Å². The fourth-order valence-corrected chi connectivity index (χ4v) is 2.86. The van der Waals surface area contributed by atoms with Gasteiger partial charge in [-0.1, -0.05) is 75.4 Å². The van der Waals surface area contributed by atoms with Crippen LogP contribution in [0.15, 0.2) is 66.7 Å². The lowest BCUT2D eigenvalue weighted by Crippen LogP contribution is -2.22. The van der Waals surface area contributed by atoms with Crippen molar-refractivity contribution >= 4 is 28.2 Å². The van der Waals surface area contributed by atoms with Crippen LogP contribution >= 0.6 is 0 Å². The van der Waals surface area contributed by atoms with Crippen LogP contribution in [0.1, 0.15) is 26.3 Å². The molecule has 3 aromatic rings. The first-order valence-corrected chi connectivity index (χ1v) is 8.10. The van der Waals surface area contributed by atoms with Crippen molar-refractivity contribution in [1.29, 1.82) is 0 Å². The van der Waals surface area contributed by atoms with Crippen LogP contribution in [0.25, 0.3) is 10.8 Å². The first-order chi connectivity index (χ1) is 11.4. The van der Waals surface area contributed by atoms with Gasteiger partial charge in [0, 0.05) is 11.1 Å². The number of benzene rings is 3. The smallest absolute Gasteiger partial charge is 0.307 e. The van der Waals surface area contributed by atoms with Gasteiger partial charge in [0.2, 0.25) is 0 Å². The molecule has 0 bridgehead atoms. The molecule has 3 rings (SSSR count). The first kappa shape index (κ1) is 16.1. The van der Waals surface area contributed by atoms with Gasteiger partial charge in [-0.2, -0.15) is 0 Å². The van der Waals surface area contributed by atoms with E-state index in [4.69, 9.17) is 0 Å². The Labute approximate surface area is 142 Å². The lowest BCUT2D eigenvalue weighted by Gasteiger charge is -2.23. The molecule has 24 heavy (non-hydrogen) atoms. The summed E-state index contributed by atoms with van der Waals surface area (Å²) in [6, 6.07) is 21.6. The third-order valence-electron chi connectivity index (χ3n) is 4.02. The van der Waals surface area contributed by atoms with Gasteiger partial charge in [-0.15, -0.1) is 0 Å². The number of carbonyl (C=O) groups is 1. The molecule has 2 N–H and O–H groups in total. The van der Waals surface area contributed by atoms with Crippen LogP contribution in [0.2, 0.25) is 0 Å². The number of anilines is 2. The number of fused-ring (bicyclic) bond motifs is 1. The molecule has 122 valence electrons. The summed E-state index contributed by atoms with van der Waals surface area (Å²) < 4.78 is 0. The summed E-state index contributed by atoms with van der Waals surface area (Å²) >= 11 is 0. The maximum atomic E-state index is 12.5. The fourth-order valence-electron chi connectivity index (χ4n) is 2.86. The minimum absolute atomic E-state index is 0.0384. The van der Waals surface area contributed by atoms with E-state index in [1.165, 1.54) is 0 Å². The Balaban J connectivity index is 1.84. The molecule has 0 unspecified atom stereocenters. The molecule has 0 atom stereocenters. The molecule has 0 saturated heterocycles. The van der Waals surface area contributed by atoms with Gasteiger partial charge in [-0.25, -0.2) is 4.79 Å².